The predicted molar refractivity (Wildman–Crippen MR) is 105 cm³/mol. The first-order valence-electron chi connectivity index (χ1n) is 9.12. The number of allylic oxidation sites excluding steroid dienone is 1. The van der Waals surface area contributed by atoms with Crippen molar-refractivity contribution in [2.24, 2.45) is 0 Å². The summed E-state index contributed by atoms with van der Waals surface area (Å²) in [6, 6.07) is 12.9. The number of nitrogens with zero attached hydrogens (tertiary/aromatic N) is 1. The number of benzene rings is 2. The molecule has 136 valence electrons. The van der Waals surface area contributed by atoms with Crippen molar-refractivity contribution in [2.75, 3.05) is 25.1 Å². The van der Waals surface area contributed by atoms with Crippen LogP contribution in [-0.2, 0) is 0 Å². The van der Waals surface area contributed by atoms with Crippen LogP contribution in [0.25, 0.3) is 6.08 Å². The molecule has 1 fully saturated rings. The summed E-state index contributed by atoms with van der Waals surface area (Å²) in [5.41, 5.74) is 2.60. The maximum atomic E-state index is 12.4. The van der Waals surface area contributed by atoms with Crippen LogP contribution in [0.15, 0.2) is 48.5 Å². The summed E-state index contributed by atoms with van der Waals surface area (Å²) in [5.74, 6) is 0.421. The van der Waals surface area contributed by atoms with Gasteiger partial charge in [0, 0.05) is 24.3 Å². The molecule has 0 radical (unpaired) electrons. The van der Waals surface area contributed by atoms with E-state index in [2.05, 4.69) is 4.90 Å². The molecule has 0 bridgehead atoms. The Morgan fingerprint density at radius 3 is 2.35 bits per heavy atom. The first-order chi connectivity index (χ1) is 12.7. The van der Waals surface area contributed by atoms with E-state index in [0.29, 0.717) is 11.3 Å². The Morgan fingerprint density at radius 2 is 1.73 bits per heavy atom. The average Bonchev–Trinajstić information content (AvgIpc) is 2.96. The number of ketones is 1. The molecule has 1 aliphatic heterocycles. The van der Waals surface area contributed by atoms with E-state index in [0.717, 1.165) is 18.7 Å². The first kappa shape index (κ1) is 18.1. The molecule has 0 aromatic heterocycles. The second-order valence-electron chi connectivity index (χ2n) is 6.58. The molecule has 0 aliphatic carbocycles. The van der Waals surface area contributed by atoms with Gasteiger partial charge in [-0.05, 0) is 60.9 Å². The van der Waals surface area contributed by atoms with Gasteiger partial charge in [0.1, 0.15) is 0 Å². The lowest BCUT2D eigenvalue weighted by molar-refractivity contribution is 0.104. The lowest BCUT2D eigenvalue weighted by atomic mass is 10.1. The van der Waals surface area contributed by atoms with E-state index in [4.69, 9.17) is 4.74 Å². The number of methoxy groups -OCH3 is 1. The van der Waals surface area contributed by atoms with Gasteiger partial charge in [-0.3, -0.25) is 4.79 Å². The Morgan fingerprint density at radius 1 is 1.04 bits per heavy atom. The van der Waals surface area contributed by atoms with Crippen LogP contribution in [-0.4, -0.2) is 31.1 Å². The largest absolute Gasteiger partial charge is 0.504 e. The van der Waals surface area contributed by atoms with Gasteiger partial charge in [-0.2, -0.15) is 0 Å². The first-order valence-corrected chi connectivity index (χ1v) is 9.12. The molecule has 3 rings (SSSR count). The molecule has 0 atom stereocenters. The molecule has 0 saturated carbocycles. The number of aromatic hydroxyl groups is 1. The molecule has 1 aliphatic rings. The van der Waals surface area contributed by atoms with Crippen LogP contribution in [0, 0.1) is 0 Å². The fourth-order valence-electron chi connectivity index (χ4n) is 3.24. The molecule has 1 heterocycles. The van der Waals surface area contributed by atoms with E-state index >= 15 is 0 Å². The average molecular weight is 351 g/mol. The van der Waals surface area contributed by atoms with Gasteiger partial charge < -0.3 is 14.7 Å². The summed E-state index contributed by atoms with van der Waals surface area (Å²) in [5, 5.41) is 9.80. The molecular weight excluding hydrogens is 326 g/mol. The quantitative estimate of drug-likeness (QED) is 0.628. The highest BCUT2D eigenvalue weighted by Crippen LogP contribution is 2.27. The number of rotatable bonds is 5. The van der Waals surface area contributed by atoms with Gasteiger partial charge in [0.25, 0.3) is 0 Å². The van der Waals surface area contributed by atoms with Crippen molar-refractivity contribution in [3.05, 3.63) is 59.7 Å². The Balaban J connectivity index is 1.66. The Hall–Kier alpha value is -2.75. The van der Waals surface area contributed by atoms with Crippen molar-refractivity contribution >= 4 is 17.5 Å². The predicted octanol–water partition coefficient (Wildman–Crippen LogP) is 4.68. The monoisotopic (exact) mass is 351 g/mol. The van der Waals surface area contributed by atoms with Crippen LogP contribution < -0.4 is 9.64 Å². The zero-order chi connectivity index (χ0) is 18.4. The number of ether oxygens (including phenoxy) is 1. The maximum absolute atomic E-state index is 12.4. The lowest BCUT2D eigenvalue weighted by Gasteiger charge is -2.22. The maximum Gasteiger partial charge on any atom is 0.185 e. The molecule has 0 unspecified atom stereocenters. The number of carbonyl (C=O) groups is 1. The minimum Gasteiger partial charge on any atom is -0.504 e. The van der Waals surface area contributed by atoms with E-state index in [1.165, 1.54) is 44.6 Å². The SMILES string of the molecule is COc1ccc(C=CC(=O)c2ccc(N3CCCCCC3)cc2)cc1O. The molecular formula is C22H25NO3. The molecule has 0 spiro atoms. The second-order valence-corrected chi connectivity index (χ2v) is 6.58. The molecule has 1 saturated heterocycles. The van der Waals surface area contributed by atoms with Gasteiger partial charge in [-0.15, -0.1) is 0 Å². The lowest BCUT2D eigenvalue weighted by Crippen LogP contribution is -2.23. The number of anilines is 1. The summed E-state index contributed by atoms with van der Waals surface area (Å²) in [6.45, 7) is 2.18. The highest BCUT2D eigenvalue weighted by atomic mass is 16.5. The number of hydrogen-bond donors (Lipinski definition) is 1. The van der Waals surface area contributed by atoms with Gasteiger partial charge in [-0.25, -0.2) is 0 Å². The Kier molecular flexibility index (Phi) is 5.95. The molecule has 4 nitrogen and oxygen atoms in total. The topological polar surface area (TPSA) is 49.8 Å². The smallest absolute Gasteiger partial charge is 0.185 e. The van der Waals surface area contributed by atoms with E-state index in [-0.39, 0.29) is 11.5 Å². The van der Waals surface area contributed by atoms with Crippen LogP contribution in [0.3, 0.4) is 0 Å². The van der Waals surface area contributed by atoms with Crippen molar-refractivity contribution in [3.8, 4) is 11.5 Å². The van der Waals surface area contributed by atoms with Gasteiger partial charge in [0.2, 0.25) is 0 Å². The second kappa shape index (κ2) is 8.56. The summed E-state index contributed by atoms with van der Waals surface area (Å²) in [4.78, 5) is 14.8. The third-order valence-electron chi connectivity index (χ3n) is 4.75. The van der Waals surface area contributed by atoms with E-state index in [1.54, 1.807) is 24.3 Å². The zero-order valence-corrected chi connectivity index (χ0v) is 15.1. The van der Waals surface area contributed by atoms with Crippen molar-refractivity contribution in [1.82, 2.24) is 0 Å². The molecule has 1 N–H and O–H groups in total. The van der Waals surface area contributed by atoms with Crippen LogP contribution in [0.4, 0.5) is 5.69 Å². The van der Waals surface area contributed by atoms with Crippen LogP contribution in [0.1, 0.15) is 41.6 Å². The van der Waals surface area contributed by atoms with Crippen molar-refractivity contribution in [2.45, 2.75) is 25.7 Å². The fourth-order valence-corrected chi connectivity index (χ4v) is 3.24. The normalized spacial score (nSPS) is 15.0. The minimum atomic E-state index is -0.0530. The van der Waals surface area contributed by atoms with Crippen LogP contribution in [0.2, 0.25) is 0 Å². The number of phenolic OH excluding ortho intramolecular Hbond substituents is 1. The number of phenols is 1. The van der Waals surface area contributed by atoms with Gasteiger partial charge in [0.05, 0.1) is 7.11 Å². The molecule has 26 heavy (non-hydrogen) atoms. The standard InChI is InChI=1S/C22H25NO3/c1-26-22-13-7-17(16-21(22)25)6-12-20(24)18-8-10-19(11-9-18)23-14-4-2-3-5-15-23/h6-13,16,25H,2-5,14-15H2,1H3. The summed E-state index contributed by atoms with van der Waals surface area (Å²) in [6.07, 6.45) is 8.31. The van der Waals surface area contributed by atoms with Gasteiger partial charge in [-0.1, -0.05) is 25.0 Å². The Labute approximate surface area is 154 Å². The van der Waals surface area contributed by atoms with E-state index < -0.39 is 0 Å². The van der Waals surface area contributed by atoms with Crippen LogP contribution >= 0.6 is 0 Å². The third-order valence-corrected chi connectivity index (χ3v) is 4.75. The van der Waals surface area contributed by atoms with Gasteiger partial charge >= 0.3 is 0 Å². The van der Waals surface area contributed by atoms with Crippen molar-refractivity contribution in [3.63, 3.8) is 0 Å². The summed E-state index contributed by atoms with van der Waals surface area (Å²) < 4.78 is 5.02. The Bertz CT molecular complexity index is 772. The minimum absolute atomic E-state index is 0.0530. The van der Waals surface area contributed by atoms with E-state index in [9.17, 15) is 9.90 Å². The number of hydrogen-bond acceptors (Lipinski definition) is 4. The van der Waals surface area contributed by atoms with E-state index in [1.807, 2.05) is 24.3 Å². The number of carbonyl (C=O) groups excluding carboxylic acids is 1. The highest BCUT2D eigenvalue weighted by molar-refractivity contribution is 6.07. The molecule has 2 aromatic carbocycles. The highest BCUT2D eigenvalue weighted by Gasteiger charge is 2.10. The fraction of sp³-hybridized carbons (Fsp3) is 0.318. The third kappa shape index (κ3) is 4.45. The van der Waals surface area contributed by atoms with Crippen LogP contribution in [0.5, 0.6) is 11.5 Å². The van der Waals surface area contributed by atoms with Gasteiger partial charge in [0.15, 0.2) is 17.3 Å². The molecule has 2 aromatic rings. The zero-order valence-electron chi connectivity index (χ0n) is 15.1. The summed E-state index contributed by atoms with van der Waals surface area (Å²) in [7, 11) is 1.50. The van der Waals surface area contributed by atoms with Crippen molar-refractivity contribution < 1.29 is 14.6 Å². The molecule has 4 heteroatoms. The molecule has 0 amide bonds. The summed E-state index contributed by atoms with van der Waals surface area (Å²) >= 11 is 0. The van der Waals surface area contributed by atoms with Crippen molar-refractivity contribution in [1.29, 1.82) is 0 Å².